The third kappa shape index (κ3) is 10.6. The summed E-state index contributed by atoms with van der Waals surface area (Å²) >= 11 is 1.50. The quantitative estimate of drug-likeness (QED) is 0.0916. The molecule has 1 aromatic heterocycles. The van der Waals surface area contributed by atoms with E-state index in [1.807, 2.05) is 56.5 Å². The number of amides is 3. The largest absolute Gasteiger partial charge is 0.411 e. The minimum absolute atomic E-state index is 0.0502. The number of nitrogens with one attached hydrogen (secondary N) is 2. The van der Waals surface area contributed by atoms with Crippen LogP contribution in [0.25, 0.3) is 0 Å². The molecule has 4 atom stereocenters. The number of rotatable bonds is 17. The zero-order valence-corrected chi connectivity index (χ0v) is 30.2. The molecule has 3 amide bonds. The van der Waals surface area contributed by atoms with Crippen molar-refractivity contribution in [1.82, 2.24) is 24.8 Å². The van der Waals surface area contributed by atoms with E-state index in [2.05, 4.69) is 20.8 Å². The van der Waals surface area contributed by atoms with E-state index in [4.69, 9.17) is 5.21 Å². The van der Waals surface area contributed by atoms with Gasteiger partial charge in [0.2, 0.25) is 15.9 Å². The number of nitrogens with zero attached hydrogens (tertiary/aromatic N) is 4. The Hall–Kier alpha value is -3.85. The standard InChI is InChI=1S/C35H48N6O6S2/c1-5-24(2)33(39-35(44)40(4)21-29-23-48-25(3)37-29)34(43)38-31(18-26-10-7-6-8-11-26)32(42)22-41(20-28-12-9-13-28)49(46,47)30-16-14-27(15-17-30)19-36-45/h6-8,10-11,14-17,19,23-24,28,31-33,42,45H,5,9,12-13,18,20-22H2,1-4H3,(H,38,43)(H,39,44)/t24-,31-,32-,33-/m0/s1. The number of oxime groups is 1. The second-order valence-corrected chi connectivity index (χ2v) is 15.8. The van der Waals surface area contributed by atoms with Crippen molar-refractivity contribution in [3.63, 3.8) is 0 Å². The van der Waals surface area contributed by atoms with Crippen molar-refractivity contribution in [2.75, 3.05) is 20.1 Å². The average Bonchev–Trinajstić information content (AvgIpc) is 3.48. The summed E-state index contributed by atoms with van der Waals surface area (Å²) in [7, 11) is -2.39. The van der Waals surface area contributed by atoms with Gasteiger partial charge in [0.15, 0.2) is 0 Å². The maximum atomic E-state index is 14.0. The first-order chi connectivity index (χ1) is 23.4. The van der Waals surface area contributed by atoms with Crippen LogP contribution in [0.1, 0.15) is 61.4 Å². The summed E-state index contributed by atoms with van der Waals surface area (Å²) in [6, 6.07) is 13.1. The minimum atomic E-state index is -4.03. The van der Waals surface area contributed by atoms with E-state index in [0.29, 0.717) is 12.0 Å². The van der Waals surface area contributed by atoms with Gasteiger partial charge >= 0.3 is 6.03 Å². The van der Waals surface area contributed by atoms with Crippen LogP contribution in [0.2, 0.25) is 0 Å². The molecule has 1 aliphatic rings. The van der Waals surface area contributed by atoms with Crippen molar-refractivity contribution in [3.05, 3.63) is 81.8 Å². The van der Waals surface area contributed by atoms with Crippen molar-refractivity contribution in [1.29, 1.82) is 0 Å². The smallest absolute Gasteiger partial charge is 0.318 e. The number of aliphatic hydroxyl groups is 1. The average molecular weight is 713 g/mol. The van der Waals surface area contributed by atoms with Gasteiger partial charge in [-0.1, -0.05) is 74.3 Å². The first kappa shape index (κ1) is 38.0. The first-order valence-corrected chi connectivity index (χ1v) is 19.0. The fourth-order valence-electron chi connectivity index (χ4n) is 5.68. The third-order valence-corrected chi connectivity index (χ3v) is 11.7. The SMILES string of the molecule is CC[C@H](C)[C@H](NC(=O)N(C)Cc1csc(C)n1)C(=O)N[C@@H](Cc1ccccc1)[C@@H](O)CN(CC1CCC1)S(=O)(=O)c1ccc(C=NO)cc1. The van der Waals surface area contributed by atoms with E-state index in [-0.39, 0.29) is 42.8 Å². The molecule has 0 aliphatic heterocycles. The number of urea groups is 1. The van der Waals surface area contributed by atoms with Crippen LogP contribution in [0.4, 0.5) is 4.79 Å². The Morgan fingerprint density at radius 2 is 1.82 bits per heavy atom. The van der Waals surface area contributed by atoms with Crippen LogP contribution in [0.5, 0.6) is 0 Å². The van der Waals surface area contributed by atoms with E-state index in [1.165, 1.54) is 38.9 Å². The highest BCUT2D eigenvalue weighted by Gasteiger charge is 2.35. The van der Waals surface area contributed by atoms with Crippen molar-refractivity contribution < 1.29 is 28.3 Å². The number of carbonyl (C=O) groups is 2. The number of benzene rings is 2. The highest BCUT2D eigenvalue weighted by Crippen LogP contribution is 2.30. The lowest BCUT2D eigenvalue weighted by atomic mass is 9.85. The van der Waals surface area contributed by atoms with Crippen molar-refractivity contribution in [3.8, 4) is 0 Å². The summed E-state index contributed by atoms with van der Waals surface area (Å²) in [6.45, 7) is 5.98. The molecule has 1 aliphatic carbocycles. The molecule has 0 spiro atoms. The Morgan fingerprint density at radius 3 is 2.39 bits per heavy atom. The third-order valence-electron chi connectivity index (χ3n) is 9.08. The van der Waals surface area contributed by atoms with Gasteiger partial charge in [-0.2, -0.15) is 4.31 Å². The number of thiazole rings is 1. The zero-order valence-electron chi connectivity index (χ0n) is 28.5. The second-order valence-electron chi connectivity index (χ2n) is 12.8. The molecule has 1 saturated carbocycles. The van der Waals surface area contributed by atoms with Crippen molar-refractivity contribution in [2.24, 2.45) is 17.0 Å². The molecule has 49 heavy (non-hydrogen) atoms. The number of aromatic nitrogens is 1. The molecule has 0 bridgehead atoms. The molecule has 14 heteroatoms. The molecule has 4 rings (SSSR count). The second kappa shape index (κ2) is 17.7. The van der Waals surface area contributed by atoms with Crippen LogP contribution in [0.15, 0.2) is 70.0 Å². The minimum Gasteiger partial charge on any atom is -0.411 e. The highest BCUT2D eigenvalue weighted by molar-refractivity contribution is 7.89. The number of hydrogen-bond donors (Lipinski definition) is 4. The number of hydrogen-bond acceptors (Lipinski definition) is 9. The first-order valence-electron chi connectivity index (χ1n) is 16.6. The fraction of sp³-hybridized carbons (Fsp3) is 0.486. The molecule has 2 aromatic carbocycles. The van der Waals surface area contributed by atoms with E-state index in [1.54, 1.807) is 19.2 Å². The van der Waals surface area contributed by atoms with Gasteiger partial charge in [0.05, 0.1) is 40.5 Å². The van der Waals surface area contributed by atoms with E-state index >= 15 is 0 Å². The molecule has 0 saturated heterocycles. The van der Waals surface area contributed by atoms with Crippen LogP contribution in [0, 0.1) is 18.8 Å². The van der Waals surface area contributed by atoms with E-state index < -0.39 is 40.1 Å². The van der Waals surface area contributed by atoms with Gasteiger partial charge in [-0.25, -0.2) is 18.2 Å². The fourth-order valence-corrected chi connectivity index (χ4v) is 7.81. The summed E-state index contributed by atoms with van der Waals surface area (Å²) in [5.41, 5.74) is 2.14. The van der Waals surface area contributed by atoms with Crippen LogP contribution in [0.3, 0.4) is 0 Å². The topological polar surface area (TPSA) is 165 Å². The lowest BCUT2D eigenvalue weighted by Gasteiger charge is -2.35. The summed E-state index contributed by atoms with van der Waals surface area (Å²) < 4.78 is 29.2. The molecule has 1 heterocycles. The molecule has 0 unspecified atom stereocenters. The monoisotopic (exact) mass is 712 g/mol. The molecule has 12 nitrogen and oxygen atoms in total. The predicted octanol–water partition coefficient (Wildman–Crippen LogP) is 4.40. The number of aryl methyl sites for hydroxylation is 1. The molecule has 1 fully saturated rings. The van der Waals surface area contributed by atoms with Crippen LogP contribution in [-0.4, -0.2) is 89.4 Å². The lowest BCUT2D eigenvalue weighted by Crippen LogP contribution is -2.58. The Morgan fingerprint density at radius 1 is 1.12 bits per heavy atom. The molecule has 4 N–H and O–H groups in total. The molecular formula is C35H48N6O6S2. The normalized spacial score (nSPS) is 16.1. The molecular weight excluding hydrogens is 665 g/mol. The molecule has 3 aromatic rings. The number of aliphatic hydroxyl groups excluding tert-OH is 1. The van der Waals surface area contributed by atoms with Gasteiger partial charge in [0, 0.05) is 25.5 Å². The Balaban J connectivity index is 1.56. The summed E-state index contributed by atoms with van der Waals surface area (Å²) in [5, 5.41) is 32.3. The predicted molar refractivity (Wildman–Crippen MR) is 190 cm³/mol. The number of sulfonamides is 1. The lowest BCUT2D eigenvalue weighted by molar-refractivity contribution is -0.125. The Bertz CT molecular complexity index is 1650. The Labute approximate surface area is 293 Å². The zero-order chi connectivity index (χ0) is 35.6. The maximum absolute atomic E-state index is 14.0. The Kier molecular flexibility index (Phi) is 13.7. The van der Waals surface area contributed by atoms with Gasteiger partial charge < -0.3 is 25.8 Å². The highest BCUT2D eigenvalue weighted by atomic mass is 32.2. The van der Waals surface area contributed by atoms with Crippen LogP contribution >= 0.6 is 11.3 Å². The van der Waals surface area contributed by atoms with E-state index in [0.717, 1.165) is 35.5 Å². The molecule has 0 radical (unpaired) electrons. The van der Waals surface area contributed by atoms with E-state index in [9.17, 15) is 23.1 Å². The van der Waals surface area contributed by atoms with Crippen LogP contribution in [-0.2, 0) is 27.8 Å². The van der Waals surface area contributed by atoms with Gasteiger partial charge in [0.25, 0.3) is 0 Å². The summed E-state index contributed by atoms with van der Waals surface area (Å²) in [4.78, 5) is 33.2. The maximum Gasteiger partial charge on any atom is 0.318 e. The van der Waals surface area contributed by atoms with Gasteiger partial charge in [-0.05, 0) is 61.3 Å². The summed E-state index contributed by atoms with van der Waals surface area (Å²) in [5.74, 6) is -0.530. The van der Waals surface area contributed by atoms with Crippen LogP contribution < -0.4 is 10.6 Å². The van der Waals surface area contributed by atoms with Gasteiger partial charge in [-0.15, -0.1) is 11.3 Å². The van der Waals surface area contributed by atoms with Gasteiger partial charge in [0.1, 0.15) is 6.04 Å². The van der Waals surface area contributed by atoms with Crippen molar-refractivity contribution in [2.45, 2.75) is 82.5 Å². The van der Waals surface area contributed by atoms with Gasteiger partial charge in [-0.3, -0.25) is 4.79 Å². The van der Waals surface area contributed by atoms with Crippen molar-refractivity contribution >= 4 is 39.5 Å². The summed E-state index contributed by atoms with van der Waals surface area (Å²) in [6.07, 6.45) is 3.59. The molecule has 266 valence electrons. The number of carbonyl (C=O) groups excluding carboxylic acids is 2.